The van der Waals surface area contributed by atoms with Crippen LogP contribution >= 0.6 is 0 Å². The smallest absolute Gasteiger partial charge is 0.318 e. The molecule has 0 aliphatic carbocycles. The first-order chi connectivity index (χ1) is 15.6. The largest absolute Gasteiger partial charge is 0.503 e. The minimum atomic E-state index is -0.382. The van der Waals surface area contributed by atoms with Crippen LogP contribution in [0.2, 0.25) is 0 Å². The Morgan fingerprint density at radius 2 is 1.91 bits per heavy atom. The van der Waals surface area contributed by atoms with Crippen LogP contribution in [0.4, 0.5) is 16.3 Å². The van der Waals surface area contributed by atoms with Gasteiger partial charge in [0.1, 0.15) is 5.69 Å². The summed E-state index contributed by atoms with van der Waals surface area (Å²) in [6, 6.07) is 6.61. The van der Waals surface area contributed by atoms with Crippen LogP contribution in [0, 0.1) is 5.92 Å². The number of rotatable bonds is 5. The fraction of sp³-hybridized carbons (Fsp3) is 0.500. The molecule has 10 heteroatoms. The van der Waals surface area contributed by atoms with E-state index in [-0.39, 0.29) is 23.7 Å². The van der Waals surface area contributed by atoms with Gasteiger partial charge in [0, 0.05) is 31.4 Å². The number of urea groups is 1. The summed E-state index contributed by atoms with van der Waals surface area (Å²) in [6.45, 7) is 4.26. The van der Waals surface area contributed by atoms with Crippen molar-refractivity contribution >= 4 is 17.5 Å². The number of benzene rings is 1. The van der Waals surface area contributed by atoms with Crippen LogP contribution in [0.15, 0.2) is 24.3 Å². The van der Waals surface area contributed by atoms with E-state index in [1.807, 2.05) is 17.0 Å². The third-order valence-corrected chi connectivity index (χ3v) is 6.04. The Hall–Kier alpha value is -2.95. The molecule has 1 unspecified atom stereocenters. The van der Waals surface area contributed by atoms with Gasteiger partial charge >= 0.3 is 6.03 Å². The SMILES string of the molecule is CNC(=O)Nc1ccc(-c2nc(C(N)C3CCNCC3)c(O)c(N3CCOCC3)n2)cc1. The molecular weight excluding hydrogens is 410 g/mol. The van der Waals surface area contributed by atoms with Gasteiger partial charge in [-0.25, -0.2) is 14.8 Å². The van der Waals surface area contributed by atoms with Crippen LogP contribution in [0.5, 0.6) is 5.75 Å². The van der Waals surface area contributed by atoms with Gasteiger partial charge in [0.15, 0.2) is 17.4 Å². The zero-order valence-corrected chi connectivity index (χ0v) is 18.3. The number of ether oxygens (including phenoxy) is 1. The van der Waals surface area contributed by atoms with Crippen molar-refractivity contribution in [1.29, 1.82) is 0 Å². The predicted molar refractivity (Wildman–Crippen MR) is 123 cm³/mol. The molecule has 2 aliphatic heterocycles. The van der Waals surface area contributed by atoms with Crippen molar-refractivity contribution in [3.8, 4) is 17.1 Å². The van der Waals surface area contributed by atoms with Gasteiger partial charge in [-0.1, -0.05) is 0 Å². The molecule has 2 aliphatic rings. The molecule has 2 aromatic rings. The zero-order chi connectivity index (χ0) is 22.5. The van der Waals surface area contributed by atoms with Crippen LogP contribution < -0.4 is 26.6 Å². The van der Waals surface area contributed by atoms with E-state index in [1.165, 1.54) is 0 Å². The molecule has 0 spiro atoms. The van der Waals surface area contributed by atoms with Crippen molar-refractivity contribution in [2.75, 3.05) is 56.7 Å². The average molecular weight is 442 g/mol. The molecule has 0 bridgehead atoms. The second-order valence-corrected chi connectivity index (χ2v) is 8.10. The van der Waals surface area contributed by atoms with Gasteiger partial charge in [-0.2, -0.15) is 0 Å². The first kappa shape index (κ1) is 22.3. The van der Waals surface area contributed by atoms with Crippen LogP contribution in [-0.2, 0) is 4.74 Å². The zero-order valence-electron chi connectivity index (χ0n) is 18.3. The summed E-state index contributed by atoms with van der Waals surface area (Å²) in [5.74, 6) is 1.28. The highest BCUT2D eigenvalue weighted by atomic mass is 16.5. The van der Waals surface area contributed by atoms with E-state index in [0.717, 1.165) is 31.5 Å². The number of hydrogen-bond acceptors (Lipinski definition) is 8. The fourth-order valence-electron chi connectivity index (χ4n) is 4.14. The maximum Gasteiger partial charge on any atom is 0.318 e. The molecule has 0 saturated carbocycles. The van der Waals surface area contributed by atoms with Gasteiger partial charge in [-0.15, -0.1) is 0 Å². The number of carbonyl (C=O) groups excluding carboxylic acids is 1. The van der Waals surface area contributed by atoms with Crippen molar-refractivity contribution in [1.82, 2.24) is 20.6 Å². The summed E-state index contributed by atoms with van der Waals surface area (Å²) in [5.41, 5.74) is 8.55. The Morgan fingerprint density at radius 3 is 2.56 bits per heavy atom. The van der Waals surface area contributed by atoms with E-state index in [9.17, 15) is 9.90 Å². The van der Waals surface area contributed by atoms with E-state index >= 15 is 0 Å². The van der Waals surface area contributed by atoms with E-state index in [2.05, 4.69) is 16.0 Å². The first-order valence-corrected chi connectivity index (χ1v) is 11.1. The monoisotopic (exact) mass is 441 g/mol. The quantitative estimate of drug-likeness (QED) is 0.470. The number of hydrogen-bond donors (Lipinski definition) is 5. The molecule has 1 aromatic heterocycles. The second-order valence-electron chi connectivity index (χ2n) is 8.10. The van der Waals surface area contributed by atoms with Crippen LogP contribution in [-0.4, -0.2) is 67.5 Å². The summed E-state index contributed by atoms with van der Waals surface area (Å²) in [7, 11) is 1.56. The third kappa shape index (κ3) is 4.93. The number of nitrogens with one attached hydrogen (secondary N) is 3. The van der Waals surface area contributed by atoms with Crippen molar-refractivity contribution in [3.63, 3.8) is 0 Å². The summed E-state index contributed by atoms with van der Waals surface area (Å²) in [6.07, 6.45) is 1.87. The molecule has 2 fully saturated rings. The highest BCUT2D eigenvalue weighted by Crippen LogP contribution is 2.38. The van der Waals surface area contributed by atoms with Crippen molar-refractivity contribution < 1.29 is 14.6 Å². The summed E-state index contributed by atoms with van der Waals surface area (Å²) in [5, 5.41) is 19.7. The Morgan fingerprint density at radius 1 is 1.22 bits per heavy atom. The standard InChI is InChI=1S/C22H31N7O3/c1-24-22(31)26-16-4-2-15(3-5-16)20-27-18(17(23)14-6-8-25-9-7-14)19(30)21(28-20)29-10-12-32-13-11-29/h2-5,14,17,25,30H,6-13,23H2,1H3,(H2,24,26,31). The predicted octanol–water partition coefficient (Wildman–Crippen LogP) is 1.44. The lowest BCUT2D eigenvalue weighted by atomic mass is 9.88. The minimum absolute atomic E-state index is 0.0552. The average Bonchev–Trinajstić information content (AvgIpc) is 2.85. The van der Waals surface area contributed by atoms with E-state index in [0.29, 0.717) is 49.3 Å². The van der Waals surface area contributed by atoms with E-state index in [1.54, 1.807) is 19.2 Å². The molecule has 32 heavy (non-hydrogen) atoms. The number of aromatic hydroxyl groups is 1. The molecule has 0 radical (unpaired) electrons. The van der Waals surface area contributed by atoms with Crippen molar-refractivity contribution in [3.05, 3.63) is 30.0 Å². The highest BCUT2D eigenvalue weighted by molar-refractivity contribution is 5.89. The van der Waals surface area contributed by atoms with Crippen molar-refractivity contribution in [2.45, 2.75) is 18.9 Å². The molecule has 1 aromatic carbocycles. The molecule has 4 rings (SSSR count). The van der Waals surface area contributed by atoms with Crippen molar-refractivity contribution in [2.24, 2.45) is 11.7 Å². The lowest BCUT2D eigenvalue weighted by Gasteiger charge is -2.31. The lowest BCUT2D eigenvalue weighted by molar-refractivity contribution is 0.122. The number of nitrogens with two attached hydrogens (primary N) is 1. The maximum absolute atomic E-state index is 11.6. The lowest BCUT2D eigenvalue weighted by Crippen LogP contribution is -2.37. The Kier molecular flexibility index (Phi) is 7.03. The molecule has 1 atom stereocenters. The topological polar surface area (TPSA) is 138 Å². The van der Waals surface area contributed by atoms with Gasteiger partial charge in [0.05, 0.1) is 19.3 Å². The number of carbonyl (C=O) groups is 1. The van der Waals surface area contributed by atoms with Crippen LogP contribution in [0.3, 0.4) is 0 Å². The molecule has 3 heterocycles. The van der Waals surface area contributed by atoms with Gasteiger partial charge in [0.2, 0.25) is 0 Å². The molecule has 6 N–H and O–H groups in total. The molecule has 2 saturated heterocycles. The first-order valence-electron chi connectivity index (χ1n) is 11.1. The second kappa shape index (κ2) is 10.1. The van der Waals surface area contributed by atoms with Gasteiger partial charge < -0.3 is 36.4 Å². The molecular formula is C22H31N7O3. The Bertz CT molecular complexity index is 926. The van der Waals surface area contributed by atoms with E-state index in [4.69, 9.17) is 20.4 Å². The summed E-state index contributed by atoms with van der Waals surface area (Å²) >= 11 is 0. The van der Waals surface area contributed by atoms with Gasteiger partial charge in [0.25, 0.3) is 0 Å². The Balaban J connectivity index is 1.70. The summed E-state index contributed by atoms with van der Waals surface area (Å²) in [4.78, 5) is 23.0. The van der Waals surface area contributed by atoms with E-state index < -0.39 is 0 Å². The van der Waals surface area contributed by atoms with Gasteiger partial charge in [-0.3, -0.25) is 0 Å². The summed E-state index contributed by atoms with van der Waals surface area (Å²) < 4.78 is 5.46. The number of amides is 2. The van der Waals surface area contributed by atoms with Crippen LogP contribution in [0.25, 0.3) is 11.4 Å². The van der Waals surface area contributed by atoms with Crippen LogP contribution in [0.1, 0.15) is 24.6 Å². The molecule has 172 valence electrons. The highest BCUT2D eigenvalue weighted by Gasteiger charge is 2.29. The number of piperidine rings is 1. The maximum atomic E-state index is 11.6. The Labute approximate surface area is 187 Å². The number of aromatic nitrogens is 2. The third-order valence-electron chi connectivity index (χ3n) is 6.04. The fourth-order valence-corrected chi connectivity index (χ4v) is 4.14. The normalized spacial score (nSPS) is 18.2. The number of morpholine rings is 1. The van der Waals surface area contributed by atoms with Gasteiger partial charge in [-0.05, 0) is 56.1 Å². The minimum Gasteiger partial charge on any atom is -0.503 e. The molecule has 2 amide bonds. The molecule has 10 nitrogen and oxygen atoms in total. The number of anilines is 2. The number of nitrogens with zero attached hydrogens (tertiary/aromatic N) is 3.